The summed E-state index contributed by atoms with van der Waals surface area (Å²) in [4.78, 5) is 4.38. The first-order chi connectivity index (χ1) is 7.76. The molecule has 4 nitrogen and oxygen atoms in total. The van der Waals surface area contributed by atoms with Gasteiger partial charge in [0.05, 0.1) is 5.69 Å². The van der Waals surface area contributed by atoms with Crippen molar-refractivity contribution >= 4 is 11.3 Å². The predicted molar refractivity (Wildman–Crippen MR) is 65.4 cm³/mol. The fourth-order valence-corrected chi connectivity index (χ4v) is 1.88. The number of aromatic nitrogens is 3. The molecule has 0 spiro atoms. The second-order valence-corrected chi connectivity index (χ2v) is 4.09. The second-order valence-electron chi connectivity index (χ2n) is 4.09. The van der Waals surface area contributed by atoms with E-state index in [2.05, 4.69) is 23.9 Å². The molecular formula is C12H18N4. The third-order valence-electron chi connectivity index (χ3n) is 2.66. The van der Waals surface area contributed by atoms with Crippen LogP contribution in [0.25, 0.3) is 5.65 Å². The zero-order chi connectivity index (χ0) is 11.5. The molecule has 0 aliphatic carbocycles. The molecular weight excluding hydrogens is 200 g/mol. The maximum absolute atomic E-state index is 6.00. The van der Waals surface area contributed by atoms with Crippen molar-refractivity contribution in [3.63, 3.8) is 0 Å². The van der Waals surface area contributed by atoms with E-state index in [9.17, 15) is 0 Å². The molecule has 0 radical (unpaired) electrons. The van der Waals surface area contributed by atoms with Gasteiger partial charge in [0.15, 0.2) is 5.65 Å². The van der Waals surface area contributed by atoms with E-state index in [0.717, 1.165) is 42.7 Å². The summed E-state index contributed by atoms with van der Waals surface area (Å²) in [6, 6.07) is 0. The van der Waals surface area contributed by atoms with Gasteiger partial charge in [-0.05, 0) is 18.4 Å². The van der Waals surface area contributed by atoms with Crippen molar-refractivity contribution in [1.82, 2.24) is 14.6 Å². The summed E-state index contributed by atoms with van der Waals surface area (Å²) >= 11 is 0. The zero-order valence-corrected chi connectivity index (χ0v) is 9.90. The molecule has 2 rings (SSSR count). The van der Waals surface area contributed by atoms with Crippen LogP contribution in [0, 0.1) is 0 Å². The predicted octanol–water partition coefficient (Wildman–Crippen LogP) is 2.22. The van der Waals surface area contributed by atoms with Crippen LogP contribution in [0.15, 0.2) is 12.4 Å². The van der Waals surface area contributed by atoms with E-state index in [1.807, 2.05) is 16.9 Å². The van der Waals surface area contributed by atoms with E-state index < -0.39 is 0 Å². The van der Waals surface area contributed by atoms with E-state index in [1.165, 1.54) is 5.56 Å². The number of hydrogen-bond acceptors (Lipinski definition) is 3. The highest BCUT2D eigenvalue weighted by molar-refractivity contribution is 5.67. The van der Waals surface area contributed by atoms with E-state index in [0.29, 0.717) is 0 Å². The number of aryl methyl sites for hydroxylation is 2. The highest BCUT2D eigenvalue weighted by atomic mass is 15.3. The van der Waals surface area contributed by atoms with Gasteiger partial charge in [0, 0.05) is 12.4 Å². The van der Waals surface area contributed by atoms with Gasteiger partial charge in [-0.25, -0.2) is 9.50 Å². The van der Waals surface area contributed by atoms with Crippen LogP contribution in [0.3, 0.4) is 0 Å². The lowest BCUT2D eigenvalue weighted by Crippen LogP contribution is -1.95. The van der Waals surface area contributed by atoms with Crippen molar-refractivity contribution < 1.29 is 0 Å². The first-order valence-electron chi connectivity index (χ1n) is 5.87. The normalized spacial score (nSPS) is 11.1. The highest BCUT2D eigenvalue weighted by Crippen LogP contribution is 2.18. The van der Waals surface area contributed by atoms with Crippen LogP contribution in [0.5, 0.6) is 0 Å². The van der Waals surface area contributed by atoms with Crippen molar-refractivity contribution in [2.75, 3.05) is 5.73 Å². The summed E-state index contributed by atoms with van der Waals surface area (Å²) in [6.07, 6.45) is 8.04. The van der Waals surface area contributed by atoms with E-state index in [1.54, 1.807) is 0 Å². The minimum Gasteiger partial charge on any atom is -0.394 e. The van der Waals surface area contributed by atoms with Gasteiger partial charge in [-0.2, -0.15) is 5.10 Å². The number of hydrogen-bond donors (Lipinski definition) is 1. The van der Waals surface area contributed by atoms with Crippen molar-refractivity contribution in [1.29, 1.82) is 0 Å². The lowest BCUT2D eigenvalue weighted by Gasteiger charge is -1.98. The van der Waals surface area contributed by atoms with Crippen LogP contribution in [0.1, 0.15) is 37.9 Å². The van der Waals surface area contributed by atoms with Gasteiger partial charge in [-0.3, -0.25) is 0 Å². The molecule has 0 aromatic carbocycles. The summed E-state index contributed by atoms with van der Waals surface area (Å²) < 4.78 is 1.81. The van der Waals surface area contributed by atoms with E-state index in [-0.39, 0.29) is 0 Å². The van der Waals surface area contributed by atoms with Gasteiger partial charge in [0.2, 0.25) is 0 Å². The van der Waals surface area contributed by atoms with Gasteiger partial charge in [-0.1, -0.05) is 26.7 Å². The highest BCUT2D eigenvalue weighted by Gasteiger charge is 2.09. The van der Waals surface area contributed by atoms with Gasteiger partial charge < -0.3 is 5.73 Å². The molecule has 2 aromatic heterocycles. The monoisotopic (exact) mass is 218 g/mol. The Morgan fingerprint density at radius 3 is 2.69 bits per heavy atom. The number of rotatable bonds is 4. The van der Waals surface area contributed by atoms with Crippen LogP contribution >= 0.6 is 0 Å². The lowest BCUT2D eigenvalue weighted by atomic mass is 10.2. The SMILES string of the molecule is CCCc1cnc2c(N)c(CCC)nn2c1. The molecule has 4 heteroatoms. The van der Waals surface area contributed by atoms with Crippen LogP contribution in [0.4, 0.5) is 5.69 Å². The smallest absolute Gasteiger partial charge is 0.178 e. The lowest BCUT2D eigenvalue weighted by molar-refractivity contribution is 0.818. The van der Waals surface area contributed by atoms with Crippen molar-refractivity contribution in [3.8, 4) is 0 Å². The second kappa shape index (κ2) is 4.51. The van der Waals surface area contributed by atoms with Crippen molar-refractivity contribution in [2.24, 2.45) is 0 Å². The van der Waals surface area contributed by atoms with Gasteiger partial charge >= 0.3 is 0 Å². The van der Waals surface area contributed by atoms with Crippen LogP contribution < -0.4 is 5.73 Å². The summed E-state index contributed by atoms with van der Waals surface area (Å²) in [5.74, 6) is 0. The molecule has 0 fully saturated rings. The quantitative estimate of drug-likeness (QED) is 0.856. The molecule has 0 unspecified atom stereocenters. The Balaban J connectivity index is 2.45. The Labute approximate surface area is 95.5 Å². The molecule has 0 saturated carbocycles. The molecule has 0 atom stereocenters. The van der Waals surface area contributed by atoms with Crippen LogP contribution in [-0.4, -0.2) is 14.6 Å². The summed E-state index contributed by atoms with van der Waals surface area (Å²) in [7, 11) is 0. The average Bonchev–Trinajstić information content (AvgIpc) is 2.57. The molecule has 2 heterocycles. The molecule has 0 saturated heterocycles. The Kier molecular flexibility index (Phi) is 3.08. The fourth-order valence-electron chi connectivity index (χ4n) is 1.88. The molecule has 0 bridgehead atoms. The number of nitrogen functional groups attached to an aromatic ring is 1. The van der Waals surface area contributed by atoms with E-state index >= 15 is 0 Å². The van der Waals surface area contributed by atoms with Crippen LogP contribution in [0.2, 0.25) is 0 Å². The Bertz CT molecular complexity index is 487. The average molecular weight is 218 g/mol. The van der Waals surface area contributed by atoms with Gasteiger partial charge in [0.1, 0.15) is 5.69 Å². The molecule has 0 amide bonds. The maximum Gasteiger partial charge on any atom is 0.178 e. The number of nitrogens with zero attached hydrogens (tertiary/aromatic N) is 3. The Morgan fingerprint density at radius 1 is 1.25 bits per heavy atom. The summed E-state index contributed by atoms with van der Waals surface area (Å²) in [5.41, 5.74) is 9.68. The Hall–Kier alpha value is -1.58. The maximum atomic E-state index is 6.00. The van der Waals surface area contributed by atoms with E-state index in [4.69, 9.17) is 5.73 Å². The van der Waals surface area contributed by atoms with Gasteiger partial charge in [0.25, 0.3) is 0 Å². The van der Waals surface area contributed by atoms with Gasteiger partial charge in [-0.15, -0.1) is 0 Å². The molecule has 0 aliphatic heterocycles. The first-order valence-corrected chi connectivity index (χ1v) is 5.87. The number of anilines is 1. The third kappa shape index (κ3) is 1.87. The Morgan fingerprint density at radius 2 is 2.00 bits per heavy atom. The van der Waals surface area contributed by atoms with Crippen molar-refractivity contribution in [2.45, 2.75) is 39.5 Å². The molecule has 86 valence electrons. The number of nitrogens with two attached hydrogens (primary N) is 1. The number of fused-ring (bicyclic) bond motifs is 1. The van der Waals surface area contributed by atoms with Crippen molar-refractivity contribution in [3.05, 3.63) is 23.7 Å². The fraction of sp³-hybridized carbons (Fsp3) is 0.500. The standard InChI is InChI=1S/C12H18N4/c1-3-5-9-7-14-12-11(13)10(6-4-2)15-16(12)8-9/h7-8H,3-6,13H2,1-2H3. The molecule has 2 aromatic rings. The summed E-state index contributed by atoms with van der Waals surface area (Å²) in [5, 5.41) is 4.47. The third-order valence-corrected chi connectivity index (χ3v) is 2.66. The minimum absolute atomic E-state index is 0.727. The minimum atomic E-state index is 0.727. The largest absolute Gasteiger partial charge is 0.394 e. The zero-order valence-electron chi connectivity index (χ0n) is 9.90. The topological polar surface area (TPSA) is 56.2 Å². The molecule has 0 aliphatic rings. The van der Waals surface area contributed by atoms with Crippen LogP contribution in [-0.2, 0) is 12.8 Å². The molecule has 2 N–H and O–H groups in total. The molecule has 16 heavy (non-hydrogen) atoms. The first kappa shape index (κ1) is 10.9. The summed E-state index contributed by atoms with van der Waals surface area (Å²) in [6.45, 7) is 4.28.